The minimum absolute atomic E-state index is 1.02. The van der Waals surface area contributed by atoms with Crippen LogP contribution in [0.4, 0.5) is 5.69 Å². The fourth-order valence-corrected chi connectivity index (χ4v) is 3.26. The van der Waals surface area contributed by atoms with Crippen molar-refractivity contribution in [2.75, 3.05) is 58.2 Å². The first-order valence-electron chi connectivity index (χ1n) is 9.65. The van der Waals surface area contributed by atoms with E-state index in [-0.39, 0.29) is 0 Å². The summed E-state index contributed by atoms with van der Waals surface area (Å²) in [7, 11) is 8.92. The Morgan fingerprint density at radius 2 is 1.56 bits per heavy atom. The van der Waals surface area contributed by atoms with E-state index in [1.54, 1.807) is 0 Å². The molecule has 0 aliphatic rings. The Hall–Kier alpha value is -1.78. The van der Waals surface area contributed by atoms with Crippen LogP contribution in [-0.2, 0) is 6.54 Å². The van der Waals surface area contributed by atoms with E-state index in [9.17, 15) is 0 Å². The number of rotatable bonds is 10. The molecule has 0 saturated carbocycles. The molecule has 0 radical (unpaired) electrons. The van der Waals surface area contributed by atoms with Gasteiger partial charge in [0.1, 0.15) is 0 Å². The fourth-order valence-electron chi connectivity index (χ4n) is 2.87. The highest BCUT2D eigenvalue weighted by Crippen LogP contribution is 2.16. The van der Waals surface area contributed by atoms with Gasteiger partial charge < -0.3 is 9.38 Å². The second kappa shape index (κ2) is 10.5. The zero-order chi connectivity index (χ0) is 19.7. The van der Waals surface area contributed by atoms with Crippen LogP contribution in [0.3, 0.4) is 0 Å². The summed E-state index contributed by atoms with van der Waals surface area (Å²) in [5.74, 6) is 1.15. The minimum atomic E-state index is 1.02. The highest BCUT2D eigenvalue weighted by molar-refractivity contribution is 7.98. The maximum atomic E-state index is 2.34. The predicted molar refractivity (Wildman–Crippen MR) is 121 cm³/mol. The molecule has 1 aromatic carbocycles. The number of quaternary nitrogens is 1. The van der Waals surface area contributed by atoms with Gasteiger partial charge in [-0.05, 0) is 29.5 Å². The van der Waals surface area contributed by atoms with Crippen LogP contribution in [-0.4, -0.2) is 57.8 Å². The van der Waals surface area contributed by atoms with Crippen LogP contribution >= 0.6 is 11.8 Å². The van der Waals surface area contributed by atoms with E-state index in [2.05, 4.69) is 105 Å². The predicted octanol–water partition coefficient (Wildman–Crippen LogP) is 4.04. The van der Waals surface area contributed by atoms with Crippen molar-refractivity contribution in [3.63, 3.8) is 0 Å². The van der Waals surface area contributed by atoms with E-state index in [0.29, 0.717) is 0 Å². The van der Waals surface area contributed by atoms with Gasteiger partial charge >= 0.3 is 0 Å². The first-order valence-corrected chi connectivity index (χ1v) is 11.0. The molecule has 0 aliphatic carbocycles. The standard InChI is InChI=1S/C23H35N3S/c1-24(15-6-19-26(2,3)4)23-11-9-21(10-12-23)7-8-22-13-16-25(17-14-22)18-20-27-5/h7-14,16-17H,6,15,18-20H2,1-5H3/q+2. The van der Waals surface area contributed by atoms with E-state index in [1.165, 1.54) is 29.8 Å². The molecule has 0 aliphatic heterocycles. The monoisotopic (exact) mass is 385 g/mol. The minimum Gasteiger partial charge on any atom is -0.374 e. The van der Waals surface area contributed by atoms with Crippen molar-refractivity contribution in [3.8, 4) is 0 Å². The molecule has 2 rings (SSSR count). The zero-order valence-electron chi connectivity index (χ0n) is 17.6. The van der Waals surface area contributed by atoms with Gasteiger partial charge in [-0.1, -0.05) is 24.3 Å². The topological polar surface area (TPSA) is 7.12 Å². The Morgan fingerprint density at radius 1 is 0.963 bits per heavy atom. The smallest absolute Gasteiger partial charge is 0.169 e. The van der Waals surface area contributed by atoms with Crippen LogP contribution < -0.4 is 9.47 Å². The van der Waals surface area contributed by atoms with Crippen LogP contribution in [0.2, 0.25) is 0 Å². The molecule has 2 aromatic rings. The molecule has 0 fully saturated rings. The highest BCUT2D eigenvalue weighted by atomic mass is 32.2. The number of hydrogen-bond acceptors (Lipinski definition) is 2. The van der Waals surface area contributed by atoms with Crippen LogP contribution in [0.15, 0.2) is 48.8 Å². The van der Waals surface area contributed by atoms with Gasteiger partial charge in [0.25, 0.3) is 0 Å². The molecule has 0 N–H and O–H groups in total. The molecule has 0 bridgehead atoms. The first-order chi connectivity index (χ1) is 12.9. The summed E-state index contributed by atoms with van der Waals surface area (Å²) >= 11 is 1.88. The van der Waals surface area contributed by atoms with Gasteiger partial charge in [-0.3, -0.25) is 0 Å². The lowest BCUT2D eigenvalue weighted by molar-refractivity contribution is -0.870. The van der Waals surface area contributed by atoms with E-state index in [0.717, 1.165) is 23.3 Å². The molecule has 0 atom stereocenters. The molecule has 3 nitrogen and oxygen atoms in total. The fraction of sp³-hybridized carbons (Fsp3) is 0.435. The Labute approximate surface area is 169 Å². The van der Waals surface area contributed by atoms with Gasteiger partial charge in [0.05, 0.1) is 33.4 Å². The van der Waals surface area contributed by atoms with Gasteiger partial charge in [0.2, 0.25) is 0 Å². The Balaban J connectivity index is 1.88. The molecule has 1 aromatic heterocycles. The van der Waals surface area contributed by atoms with Crippen molar-refractivity contribution in [1.82, 2.24) is 0 Å². The number of aromatic nitrogens is 1. The number of anilines is 1. The quantitative estimate of drug-likeness (QED) is 0.450. The molecule has 0 spiro atoms. The molecular weight excluding hydrogens is 350 g/mol. The molecule has 0 unspecified atom stereocenters. The summed E-state index contributed by atoms with van der Waals surface area (Å²) in [5, 5.41) is 0. The number of benzene rings is 1. The third kappa shape index (κ3) is 8.19. The molecule has 0 saturated heterocycles. The van der Waals surface area contributed by atoms with E-state index >= 15 is 0 Å². The molecular formula is C23H35N3S+2. The zero-order valence-corrected chi connectivity index (χ0v) is 18.4. The van der Waals surface area contributed by atoms with Gasteiger partial charge in [-0.25, -0.2) is 4.57 Å². The van der Waals surface area contributed by atoms with Gasteiger partial charge in [0, 0.05) is 37.8 Å². The van der Waals surface area contributed by atoms with Gasteiger partial charge in [-0.15, -0.1) is 0 Å². The molecule has 146 valence electrons. The number of thioether (sulfide) groups is 1. The highest BCUT2D eigenvalue weighted by Gasteiger charge is 2.07. The lowest BCUT2D eigenvalue weighted by Crippen LogP contribution is -2.37. The van der Waals surface area contributed by atoms with Crippen LogP contribution in [0.5, 0.6) is 0 Å². The summed E-state index contributed by atoms with van der Waals surface area (Å²) in [4.78, 5) is 2.34. The molecule has 27 heavy (non-hydrogen) atoms. The number of hydrogen-bond donors (Lipinski definition) is 0. The maximum absolute atomic E-state index is 2.34. The van der Waals surface area contributed by atoms with Crippen LogP contribution in [0.25, 0.3) is 12.2 Å². The van der Waals surface area contributed by atoms with Crippen LogP contribution in [0, 0.1) is 0 Å². The normalized spacial score (nSPS) is 11.9. The Bertz CT molecular complexity index is 700. The average molecular weight is 386 g/mol. The largest absolute Gasteiger partial charge is 0.374 e. The third-order valence-corrected chi connectivity index (χ3v) is 5.19. The number of aryl methyl sites for hydroxylation is 1. The average Bonchev–Trinajstić information content (AvgIpc) is 2.65. The van der Waals surface area contributed by atoms with E-state index in [1.807, 2.05) is 11.8 Å². The summed E-state index contributed by atoms with van der Waals surface area (Å²) in [5.41, 5.74) is 3.75. The number of nitrogens with zero attached hydrogens (tertiary/aromatic N) is 3. The van der Waals surface area contributed by atoms with Gasteiger partial charge in [0.15, 0.2) is 18.9 Å². The van der Waals surface area contributed by atoms with Crippen molar-refractivity contribution in [3.05, 3.63) is 59.9 Å². The SMILES string of the molecule is CSCC[n+]1ccc(/C=C/c2ccc(N(C)CCC[N+](C)(C)C)cc2)cc1. The number of pyridine rings is 1. The maximum Gasteiger partial charge on any atom is 0.169 e. The first kappa shape index (κ1) is 21.5. The summed E-state index contributed by atoms with van der Waals surface area (Å²) < 4.78 is 3.26. The van der Waals surface area contributed by atoms with Crippen molar-refractivity contribution in [2.24, 2.45) is 0 Å². The molecule has 0 amide bonds. The lowest BCUT2D eigenvalue weighted by atomic mass is 10.1. The summed E-state index contributed by atoms with van der Waals surface area (Å²) in [6, 6.07) is 13.2. The molecule has 1 heterocycles. The van der Waals surface area contributed by atoms with E-state index < -0.39 is 0 Å². The lowest BCUT2D eigenvalue weighted by Gasteiger charge is -2.26. The van der Waals surface area contributed by atoms with Crippen molar-refractivity contribution < 1.29 is 9.05 Å². The van der Waals surface area contributed by atoms with Crippen molar-refractivity contribution in [2.45, 2.75) is 13.0 Å². The Morgan fingerprint density at radius 3 is 2.11 bits per heavy atom. The van der Waals surface area contributed by atoms with Crippen molar-refractivity contribution >= 4 is 29.6 Å². The second-order valence-electron chi connectivity index (χ2n) is 8.08. The van der Waals surface area contributed by atoms with Crippen molar-refractivity contribution in [1.29, 1.82) is 0 Å². The Kier molecular flexibility index (Phi) is 8.39. The second-order valence-corrected chi connectivity index (χ2v) is 9.06. The molecule has 4 heteroatoms. The van der Waals surface area contributed by atoms with E-state index in [4.69, 9.17) is 0 Å². The summed E-state index contributed by atoms with van der Waals surface area (Å²) in [6.45, 7) is 3.35. The third-order valence-electron chi connectivity index (χ3n) is 4.60. The van der Waals surface area contributed by atoms with Gasteiger partial charge in [-0.2, -0.15) is 11.8 Å². The summed E-state index contributed by atoms with van der Waals surface area (Å²) in [6.07, 6.45) is 12.0. The van der Waals surface area contributed by atoms with Crippen LogP contribution in [0.1, 0.15) is 17.5 Å².